The zero-order valence-electron chi connectivity index (χ0n) is 16.6. The lowest BCUT2D eigenvalue weighted by Crippen LogP contribution is -2.42. The molecule has 2 aromatic carbocycles. The summed E-state index contributed by atoms with van der Waals surface area (Å²) in [5.41, 5.74) is 4.65. The number of hydrogen-bond acceptors (Lipinski definition) is 3. The minimum Gasteiger partial charge on any atom is -0.342 e. The Labute approximate surface area is 171 Å². The third-order valence-electron chi connectivity index (χ3n) is 6.44. The maximum absolute atomic E-state index is 12.7. The number of likely N-dealkylation sites (tertiary alicyclic amines) is 1. The van der Waals surface area contributed by atoms with Crippen LogP contribution in [0.3, 0.4) is 0 Å². The van der Waals surface area contributed by atoms with Crippen molar-refractivity contribution in [2.24, 2.45) is 11.8 Å². The zero-order chi connectivity index (χ0) is 19.8. The molecule has 1 N–H and O–H groups in total. The Bertz CT molecular complexity index is 912. The number of rotatable bonds is 4. The SMILES string of the molecule is O=C(Nc1ccc(N2CCc3ccccc32)cc1)C1CCN(C(=O)C2CC2)CC1. The summed E-state index contributed by atoms with van der Waals surface area (Å²) in [6.07, 6.45) is 4.66. The smallest absolute Gasteiger partial charge is 0.227 e. The molecule has 5 nitrogen and oxygen atoms in total. The van der Waals surface area contributed by atoms with E-state index < -0.39 is 0 Å². The predicted molar refractivity (Wildman–Crippen MR) is 114 cm³/mol. The highest BCUT2D eigenvalue weighted by molar-refractivity contribution is 5.93. The van der Waals surface area contributed by atoms with Gasteiger partial charge in [-0.3, -0.25) is 9.59 Å². The average molecular weight is 389 g/mol. The Morgan fingerprint density at radius 2 is 1.55 bits per heavy atom. The van der Waals surface area contributed by atoms with E-state index in [4.69, 9.17) is 0 Å². The summed E-state index contributed by atoms with van der Waals surface area (Å²) >= 11 is 0. The monoisotopic (exact) mass is 389 g/mol. The lowest BCUT2D eigenvalue weighted by molar-refractivity contribution is -0.135. The number of fused-ring (bicyclic) bond motifs is 1. The Balaban J connectivity index is 1.17. The van der Waals surface area contributed by atoms with Crippen LogP contribution in [0.5, 0.6) is 0 Å². The molecule has 2 amide bonds. The van der Waals surface area contributed by atoms with Crippen molar-refractivity contribution in [1.82, 2.24) is 4.90 Å². The third-order valence-corrected chi connectivity index (χ3v) is 6.44. The van der Waals surface area contributed by atoms with Gasteiger partial charge in [0.05, 0.1) is 0 Å². The molecule has 2 heterocycles. The van der Waals surface area contributed by atoms with E-state index in [1.165, 1.54) is 11.3 Å². The van der Waals surface area contributed by atoms with Gasteiger partial charge in [-0.05, 0) is 68.0 Å². The normalized spacial score (nSPS) is 19.2. The van der Waals surface area contributed by atoms with Crippen LogP contribution in [0, 0.1) is 11.8 Å². The molecule has 0 radical (unpaired) electrons. The molecule has 0 spiro atoms. The molecule has 1 aliphatic carbocycles. The van der Waals surface area contributed by atoms with Gasteiger partial charge in [0.15, 0.2) is 0 Å². The van der Waals surface area contributed by atoms with Gasteiger partial charge in [-0.2, -0.15) is 0 Å². The summed E-state index contributed by atoms with van der Waals surface area (Å²) in [5, 5.41) is 3.07. The number of para-hydroxylation sites is 1. The van der Waals surface area contributed by atoms with Gasteiger partial charge in [-0.1, -0.05) is 18.2 Å². The van der Waals surface area contributed by atoms with Gasteiger partial charge in [0.25, 0.3) is 0 Å². The molecule has 2 aromatic rings. The molecule has 5 heteroatoms. The summed E-state index contributed by atoms with van der Waals surface area (Å²) in [6.45, 7) is 2.41. The first kappa shape index (κ1) is 18.2. The molecule has 5 rings (SSSR count). The molecule has 0 unspecified atom stereocenters. The first-order valence-electron chi connectivity index (χ1n) is 10.7. The fraction of sp³-hybridized carbons (Fsp3) is 0.417. The molecular weight excluding hydrogens is 362 g/mol. The fourth-order valence-electron chi connectivity index (χ4n) is 4.53. The second kappa shape index (κ2) is 7.54. The van der Waals surface area contributed by atoms with Gasteiger partial charge in [-0.25, -0.2) is 0 Å². The number of nitrogens with one attached hydrogen (secondary N) is 1. The van der Waals surface area contributed by atoms with Crippen molar-refractivity contribution >= 4 is 28.9 Å². The number of benzene rings is 2. The number of piperidine rings is 1. The number of carbonyl (C=O) groups excluding carboxylic acids is 2. The lowest BCUT2D eigenvalue weighted by atomic mass is 9.95. The van der Waals surface area contributed by atoms with E-state index in [1.807, 2.05) is 17.0 Å². The van der Waals surface area contributed by atoms with Crippen molar-refractivity contribution in [2.45, 2.75) is 32.1 Å². The molecule has 0 aromatic heterocycles. The van der Waals surface area contributed by atoms with Crippen LogP contribution >= 0.6 is 0 Å². The number of carbonyl (C=O) groups is 2. The standard InChI is InChI=1S/C24H27N3O2/c28-23(18-11-14-26(15-12-18)24(29)19-5-6-19)25-20-7-9-21(10-8-20)27-16-13-17-3-1-2-4-22(17)27/h1-4,7-10,18-19H,5-6,11-16H2,(H,25,28). The number of amides is 2. The van der Waals surface area contributed by atoms with Crippen molar-refractivity contribution in [3.05, 3.63) is 54.1 Å². The van der Waals surface area contributed by atoms with Crippen LogP contribution in [-0.4, -0.2) is 36.3 Å². The van der Waals surface area contributed by atoms with E-state index in [1.54, 1.807) is 0 Å². The largest absolute Gasteiger partial charge is 0.342 e. The molecule has 3 aliphatic rings. The van der Waals surface area contributed by atoms with Crippen molar-refractivity contribution in [3.63, 3.8) is 0 Å². The highest BCUT2D eigenvalue weighted by atomic mass is 16.2. The molecule has 2 aliphatic heterocycles. The summed E-state index contributed by atoms with van der Waals surface area (Å²) in [6, 6.07) is 16.7. The third kappa shape index (κ3) is 3.74. The molecular formula is C24H27N3O2. The first-order chi connectivity index (χ1) is 14.2. The Morgan fingerprint density at radius 1 is 0.828 bits per heavy atom. The van der Waals surface area contributed by atoms with Crippen molar-refractivity contribution in [2.75, 3.05) is 29.9 Å². The van der Waals surface area contributed by atoms with Crippen LogP contribution in [-0.2, 0) is 16.0 Å². The second-order valence-corrected chi connectivity index (χ2v) is 8.44. The van der Waals surface area contributed by atoms with E-state index >= 15 is 0 Å². The van der Waals surface area contributed by atoms with Crippen molar-refractivity contribution < 1.29 is 9.59 Å². The Hall–Kier alpha value is -2.82. The minimum absolute atomic E-state index is 0.0108. The summed E-state index contributed by atoms with van der Waals surface area (Å²) < 4.78 is 0. The number of nitrogens with zero attached hydrogens (tertiary/aromatic N) is 2. The van der Waals surface area contributed by atoms with Gasteiger partial charge in [0, 0.05) is 48.5 Å². The van der Waals surface area contributed by atoms with Gasteiger partial charge in [0.2, 0.25) is 11.8 Å². The fourth-order valence-corrected chi connectivity index (χ4v) is 4.53. The van der Waals surface area contributed by atoms with Gasteiger partial charge >= 0.3 is 0 Å². The van der Waals surface area contributed by atoms with Crippen LogP contribution in [0.25, 0.3) is 0 Å². The average Bonchev–Trinajstić information content (AvgIpc) is 3.53. The maximum atomic E-state index is 12.7. The van der Waals surface area contributed by atoms with Crippen LogP contribution in [0.4, 0.5) is 17.1 Å². The van der Waals surface area contributed by atoms with Gasteiger partial charge in [0.1, 0.15) is 0 Å². The first-order valence-corrected chi connectivity index (χ1v) is 10.7. The second-order valence-electron chi connectivity index (χ2n) is 8.44. The van der Waals surface area contributed by atoms with E-state index in [2.05, 4.69) is 46.6 Å². The van der Waals surface area contributed by atoms with Crippen LogP contribution in [0.2, 0.25) is 0 Å². The minimum atomic E-state index is -0.0108. The van der Waals surface area contributed by atoms with E-state index in [9.17, 15) is 9.59 Å². The number of hydrogen-bond donors (Lipinski definition) is 1. The molecule has 0 atom stereocenters. The summed E-state index contributed by atoms with van der Waals surface area (Å²) in [4.78, 5) is 29.1. The maximum Gasteiger partial charge on any atom is 0.227 e. The van der Waals surface area contributed by atoms with Crippen LogP contribution in [0.1, 0.15) is 31.2 Å². The molecule has 1 saturated heterocycles. The topological polar surface area (TPSA) is 52.7 Å². The van der Waals surface area contributed by atoms with Crippen LogP contribution in [0.15, 0.2) is 48.5 Å². The molecule has 150 valence electrons. The molecule has 0 bridgehead atoms. The van der Waals surface area contributed by atoms with E-state index in [0.29, 0.717) is 19.0 Å². The predicted octanol–water partition coefficient (Wildman–Crippen LogP) is 3.97. The molecule has 2 fully saturated rings. The summed E-state index contributed by atoms with van der Waals surface area (Å²) in [7, 11) is 0. The summed E-state index contributed by atoms with van der Waals surface area (Å²) in [5.74, 6) is 0.621. The Kier molecular flexibility index (Phi) is 4.74. The van der Waals surface area contributed by atoms with Gasteiger partial charge < -0.3 is 15.1 Å². The zero-order valence-corrected chi connectivity index (χ0v) is 16.6. The Morgan fingerprint density at radius 3 is 2.28 bits per heavy atom. The van der Waals surface area contributed by atoms with Crippen molar-refractivity contribution in [3.8, 4) is 0 Å². The highest BCUT2D eigenvalue weighted by Gasteiger charge is 2.36. The van der Waals surface area contributed by atoms with Crippen LogP contribution < -0.4 is 10.2 Å². The quantitative estimate of drug-likeness (QED) is 0.861. The van der Waals surface area contributed by atoms with E-state index in [-0.39, 0.29) is 17.7 Å². The molecule has 1 saturated carbocycles. The lowest BCUT2D eigenvalue weighted by Gasteiger charge is -2.31. The van der Waals surface area contributed by atoms with Gasteiger partial charge in [-0.15, -0.1) is 0 Å². The molecule has 29 heavy (non-hydrogen) atoms. The van der Waals surface area contributed by atoms with Crippen molar-refractivity contribution in [1.29, 1.82) is 0 Å². The highest BCUT2D eigenvalue weighted by Crippen LogP contribution is 2.35. The number of anilines is 3. The van der Waals surface area contributed by atoms with E-state index in [0.717, 1.165) is 50.0 Å².